The Balaban J connectivity index is 2.24. The number of methoxy groups -OCH3 is 1. The van der Waals surface area contributed by atoms with Crippen LogP contribution in [0.3, 0.4) is 0 Å². The van der Waals surface area contributed by atoms with Gasteiger partial charge >= 0.3 is 6.01 Å². The molecule has 2 rings (SSSR count). The molecule has 84 valence electrons. The van der Waals surface area contributed by atoms with E-state index in [1.165, 1.54) is 7.11 Å². The van der Waals surface area contributed by atoms with Crippen molar-refractivity contribution in [3.8, 4) is 6.01 Å². The smallest absolute Gasteiger partial charge is 0.322 e. The third-order valence-electron chi connectivity index (χ3n) is 1.72. The monoisotopic (exact) mass is 240 g/mol. The molecule has 0 fully saturated rings. The number of aryl methyl sites for hydroxylation is 1. The molecular formula is C8H9ClN6O. The molecule has 0 saturated carbocycles. The van der Waals surface area contributed by atoms with Gasteiger partial charge in [0.05, 0.1) is 7.11 Å². The molecule has 0 saturated heterocycles. The van der Waals surface area contributed by atoms with Crippen molar-refractivity contribution in [2.24, 2.45) is 7.05 Å². The van der Waals surface area contributed by atoms with Crippen LogP contribution in [0, 0.1) is 0 Å². The second-order valence-corrected chi connectivity index (χ2v) is 3.25. The second kappa shape index (κ2) is 4.31. The first-order valence-corrected chi connectivity index (χ1v) is 4.77. The minimum absolute atomic E-state index is 0.0604. The zero-order valence-corrected chi connectivity index (χ0v) is 9.43. The summed E-state index contributed by atoms with van der Waals surface area (Å²) in [6.45, 7) is 0. The molecule has 0 aliphatic carbocycles. The highest BCUT2D eigenvalue weighted by molar-refractivity contribution is 6.28. The average Bonchev–Trinajstić information content (AvgIpc) is 2.63. The Kier molecular flexibility index (Phi) is 2.86. The van der Waals surface area contributed by atoms with Gasteiger partial charge in [0.25, 0.3) is 0 Å². The molecule has 2 heterocycles. The minimum atomic E-state index is 0.0604. The Labute approximate surface area is 96.5 Å². The molecule has 0 radical (unpaired) electrons. The minimum Gasteiger partial charge on any atom is -0.467 e. The maximum absolute atomic E-state index is 5.69. The van der Waals surface area contributed by atoms with E-state index >= 15 is 0 Å². The standard InChI is InChI=1S/C8H9ClN6O/c1-15-4-3-5(14-15)10-7-11-6(9)12-8(13-7)16-2/h3-4H,1-2H3,(H,10,11,12,13,14). The number of rotatable bonds is 3. The van der Waals surface area contributed by atoms with Crippen molar-refractivity contribution in [2.75, 3.05) is 12.4 Å². The molecule has 0 aliphatic rings. The number of aromatic nitrogens is 5. The lowest BCUT2D eigenvalue weighted by molar-refractivity contribution is 0.379. The van der Waals surface area contributed by atoms with Crippen LogP contribution in [0.1, 0.15) is 0 Å². The van der Waals surface area contributed by atoms with Gasteiger partial charge in [0, 0.05) is 19.3 Å². The molecular weight excluding hydrogens is 232 g/mol. The fourth-order valence-electron chi connectivity index (χ4n) is 1.08. The number of hydrogen-bond donors (Lipinski definition) is 1. The predicted molar refractivity (Wildman–Crippen MR) is 57.9 cm³/mol. The zero-order valence-electron chi connectivity index (χ0n) is 8.68. The van der Waals surface area contributed by atoms with E-state index in [1.807, 2.05) is 7.05 Å². The number of nitrogens with zero attached hydrogens (tertiary/aromatic N) is 5. The van der Waals surface area contributed by atoms with E-state index in [2.05, 4.69) is 25.4 Å². The van der Waals surface area contributed by atoms with E-state index in [4.69, 9.17) is 16.3 Å². The van der Waals surface area contributed by atoms with E-state index in [0.29, 0.717) is 5.82 Å². The van der Waals surface area contributed by atoms with Crippen LogP contribution in [0.15, 0.2) is 12.3 Å². The van der Waals surface area contributed by atoms with Crippen LogP contribution in [-0.4, -0.2) is 31.8 Å². The van der Waals surface area contributed by atoms with E-state index in [0.717, 1.165) is 0 Å². The van der Waals surface area contributed by atoms with Crippen LogP contribution in [0.25, 0.3) is 0 Å². The summed E-state index contributed by atoms with van der Waals surface area (Å²) in [5, 5.41) is 7.05. The fourth-order valence-corrected chi connectivity index (χ4v) is 1.23. The van der Waals surface area contributed by atoms with Crippen molar-refractivity contribution in [2.45, 2.75) is 0 Å². The van der Waals surface area contributed by atoms with Gasteiger partial charge in [-0.15, -0.1) is 0 Å². The molecule has 0 atom stereocenters. The van der Waals surface area contributed by atoms with E-state index < -0.39 is 0 Å². The molecule has 7 nitrogen and oxygen atoms in total. The first kappa shape index (κ1) is 10.6. The maximum atomic E-state index is 5.69. The molecule has 0 unspecified atom stereocenters. The van der Waals surface area contributed by atoms with Crippen LogP contribution < -0.4 is 10.1 Å². The Bertz CT molecular complexity index is 499. The summed E-state index contributed by atoms with van der Waals surface area (Å²) in [7, 11) is 3.27. The first-order chi connectivity index (χ1) is 7.67. The molecule has 0 aliphatic heterocycles. The molecule has 16 heavy (non-hydrogen) atoms. The summed E-state index contributed by atoms with van der Waals surface area (Å²) in [6, 6.07) is 1.93. The first-order valence-electron chi connectivity index (χ1n) is 4.39. The summed E-state index contributed by atoms with van der Waals surface area (Å²) in [6.07, 6.45) is 1.79. The molecule has 1 N–H and O–H groups in total. The van der Waals surface area contributed by atoms with Gasteiger partial charge in [-0.05, 0) is 11.6 Å². The average molecular weight is 241 g/mol. The van der Waals surface area contributed by atoms with Gasteiger partial charge in [-0.2, -0.15) is 20.1 Å². The third-order valence-corrected chi connectivity index (χ3v) is 1.89. The Morgan fingerprint density at radius 3 is 2.81 bits per heavy atom. The Hall–Kier alpha value is -1.89. The summed E-state index contributed by atoms with van der Waals surface area (Å²) in [5.41, 5.74) is 0. The maximum Gasteiger partial charge on any atom is 0.322 e. The van der Waals surface area contributed by atoms with Crippen LogP contribution in [-0.2, 0) is 7.05 Å². The molecule has 8 heteroatoms. The van der Waals surface area contributed by atoms with Crippen LogP contribution >= 0.6 is 11.6 Å². The number of halogens is 1. The number of nitrogens with one attached hydrogen (secondary N) is 1. The lowest BCUT2D eigenvalue weighted by atomic mass is 10.6. The highest BCUT2D eigenvalue weighted by Gasteiger charge is 2.06. The van der Waals surface area contributed by atoms with Gasteiger partial charge in [0.15, 0.2) is 5.82 Å². The molecule has 2 aromatic rings. The van der Waals surface area contributed by atoms with E-state index in [1.54, 1.807) is 16.9 Å². The van der Waals surface area contributed by atoms with Crippen molar-refractivity contribution >= 4 is 23.4 Å². The zero-order chi connectivity index (χ0) is 11.5. The summed E-state index contributed by atoms with van der Waals surface area (Å²) < 4.78 is 6.52. The predicted octanol–water partition coefficient (Wildman–Crippen LogP) is 1.01. The van der Waals surface area contributed by atoms with E-state index in [-0.39, 0.29) is 17.2 Å². The van der Waals surface area contributed by atoms with Gasteiger partial charge < -0.3 is 10.1 Å². The summed E-state index contributed by atoms with van der Waals surface area (Å²) in [5.74, 6) is 0.905. The summed E-state index contributed by atoms with van der Waals surface area (Å²) in [4.78, 5) is 11.6. The fraction of sp³-hybridized carbons (Fsp3) is 0.250. The quantitative estimate of drug-likeness (QED) is 0.863. The van der Waals surface area contributed by atoms with Crippen molar-refractivity contribution in [3.63, 3.8) is 0 Å². The van der Waals surface area contributed by atoms with Crippen LogP contribution in [0.4, 0.5) is 11.8 Å². The van der Waals surface area contributed by atoms with E-state index in [9.17, 15) is 0 Å². The van der Waals surface area contributed by atoms with Gasteiger partial charge in [0.1, 0.15) is 0 Å². The molecule has 0 bridgehead atoms. The van der Waals surface area contributed by atoms with Crippen molar-refractivity contribution < 1.29 is 4.74 Å². The SMILES string of the molecule is COc1nc(Cl)nc(Nc2ccn(C)n2)n1. The number of anilines is 2. The highest BCUT2D eigenvalue weighted by atomic mass is 35.5. The van der Waals surface area contributed by atoms with Crippen LogP contribution in [0.2, 0.25) is 5.28 Å². The number of ether oxygens (including phenoxy) is 1. The van der Waals surface area contributed by atoms with Gasteiger partial charge in [-0.3, -0.25) is 4.68 Å². The molecule has 0 amide bonds. The lowest BCUT2D eigenvalue weighted by Crippen LogP contribution is -2.02. The Morgan fingerprint density at radius 1 is 1.38 bits per heavy atom. The molecule has 0 aromatic carbocycles. The van der Waals surface area contributed by atoms with Gasteiger partial charge in [-0.1, -0.05) is 0 Å². The second-order valence-electron chi connectivity index (χ2n) is 2.91. The van der Waals surface area contributed by atoms with Crippen LogP contribution in [0.5, 0.6) is 6.01 Å². The third kappa shape index (κ3) is 2.37. The Morgan fingerprint density at radius 2 is 2.19 bits per heavy atom. The highest BCUT2D eigenvalue weighted by Crippen LogP contribution is 2.14. The normalized spacial score (nSPS) is 10.2. The number of hydrogen-bond acceptors (Lipinski definition) is 6. The van der Waals surface area contributed by atoms with Gasteiger partial charge in [0.2, 0.25) is 11.2 Å². The van der Waals surface area contributed by atoms with Crippen molar-refractivity contribution in [1.29, 1.82) is 0 Å². The molecule has 2 aromatic heterocycles. The topological polar surface area (TPSA) is 77.8 Å². The van der Waals surface area contributed by atoms with Gasteiger partial charge in [-0.25, -0.2) is 0 Å². The van der Waals surface area contributed by atoms with Crippen molar-refractivity contribution in [1.82, 2.24) is 24.7 Å². The largest absolute Gasteiger partial charge is 0.467 e. The lowest BCUT2D eigenvalue weighted by Gasteiger charge is -2.02. The molecule has 0 spiro atoms. The van der Waals surface area contributed by atoms with Crippen molar-refractivity contribution in [3.05, 3.63) is 17.5 Å². The summed E-state index contributed by atoms with van der Waals surface area (Å²) >= 11 is 5.69.